The second-order valence-corrected chi connectivity index (χ2v) is 10.4. The number of piperidine rings is 1. The summed E-state index contributed by atoms with van der Waals surface area (Å²) in [6.45, 7) is 7.92. The first-order valence-electron chi connectivity index (χ1n) is 13.1. The largest absolute Gasteiger partial charge is 0.462 e. The Morgan fingerprint density at radius 1 is 1.05 bits per heavy atom. The standard InChI is InChI=1S/C29H32F2N4O5/c1-5-39-27(37)20-8-6-7-9-23(20)33-26(36)21-17-32-35(24-11-10-19(30)16-22(24)31)25(21)18-12-14-34(15-13-18)28(38)40-29(2,3)4/h6-11,16-18H,5,12-15H2,1-4H3,(H,33,36). The van der Waals surface area contributed by atoms with Crippen LogP contribution in [0.25, 0.3) is 5.69 Å². The van der Waals surface area contributed by atoms with E-state index in [0.29, 0.717) is 31.6 Å². The van der Waals surface area contributed by atoms with Crippen LogP contribution in [0.3, 0.4) is 0 Å². The number of benzene rings is 2. The lowest BCUT2D eigenvalue weighted by Gasteiger charge is -2.34. The Hall–Kier alpha value is -4.28. The third-order valence-electron chi connectivity index (χ3n) is 6.39. The number of hydrogen-bond donors (Lipinski definition) is 1. The molecule has 1 aromatic heterocycles. The molecule has 2 aromatic carbocycles. The molecule has 0 aliphatic carbocycles. The molecule has 0 saturated carbocycles. The Labute approximate surface area is 231 Å². The van der Waals surface area contributed by atoms with Crippen LogP contribution in [0.15, 0.2) is 48.7 Å². The molecule has 0 radical (unpaired) electrons. The van der Waals surface area contributed by atoms with Gasteiger partial charge in [-0.15, -0.1) is 0 Å². The minimum Gasteiger partial charge on any atom is -0.462 e. The van der Waals surface area contributed by atoms with Crippen molar-refractivity contribution in [1.82, 2.24) is 14.7 Å². The summed E-state index contributed by atoms with van der Waals surface area (Å²) in [5.41, 5.74) is 0.354. The second kappa shape index (κ2) is 11.8. The lowest BCUT2D eigenvalue weighted by Crippen LogP contribution is -2.41. The molecular formula is C29H32F2N4O5. The molecule has 1 aliphatic rings. The smallest absolute Gasteiger partial charge is 0.410 e. The molecule has 1 saturated heterocycles. The minimum absolute atomic E-state index is 0.0167. The zero-order valence-corrected chi connectivity index (χ0v) is 22.9. The van der Waals surface area contributed by atoms with Crippen molar-refractivity contribution < 1.29 is 32.6 Å². The molecule has 40 heavy (non-hydrogen) atoms. The molecule has 1 aliphatic heterocycles. The van der Waals surface area contributed by atoms with E-state index in [1.165, 1.54) is 23.0 Å². The fraction of sp³-hybridized carbons (Fsp3) is 0.379. The van der Waals surface area contributed by atoms with Crippen molar-refractivity contribution in [3.63, 3.8) is 0 Å². The van der Waals surface area contributed by atoms with E-state index in [1.54, 1.807) is 50.8 Å². The maximum atomic E-state index is 14.9. The van der Waals surface area contributed by atoms with E-state index in [2.05, 4.69) is 10.4 Å². The van der Waals surface area contributed by atoms with Gasteiger partial charge < -0.3 is 19.7 Å². The van der Waals surface area contributed by atoms with Gasteiger partial charge in [-0.2, -0.15) is 5.10 Å². The quantitative estimate of drug-likeness (QED) is 0.393. The van der Waals surface area contributed by atoms with E-state index in [1.807, 2.05) is 0 Å². The highest BCUT2D eigenvalue weighted by Gasteiger charge is 2.33. The van der Waals surface area contributed by atoms with Crippen LogP contribution >= 0.6 is 0 Å². The number of likely N-dealkylation sites (tertiary alicyclic amines) is 1. The van der Waals surface area contributed by atoms with Crippen molar-refractivity contribution in [2.45, 2.75) is 52.1 Å². The molecule has 2 heterocycles. The number of hydrogen-bond acceptors (Lipinski definition) is 6. The van der Waals surface area contributed by atoms with E-state index in [-0.39, 0.29) is 35.0 Å². The van der Waals surface area contributed by atoms with Crippen LogP contribution in [0, 0.1) is 11.6 Å². The number of halogens is 2. The number of nitrogens with one attached hydrogen (secondary N) is 1. The summed E-state index contributed by atoms with van der Waals surface area (Å²) in [7, 11) is 0. The Morgan fingerprint density at radius 3 is 2.40 bits per heavy atom. The maximum Gasteiger partial charge on any atom is 0.410 e. The van der Waals surface area contributed by atoms with Gasteiger partial charge in [-0.1, -0.05) is 12.1 Å². The summed E-state index contributed by atoms with van der Waals surface area (Å²) < 4.78 is 40.4. The van der Waals surface area contributed by atoms with E-state index in [9.17, 15) is 23.2 Å². The molecule has 11 heteroatoms. The van der Waals surface area contributed by atoms with E-state index >= 15 is 0 Å². The predicted octanol–water partition coefficient (Wildman–Crippen LogP) is 5.69. The summed E-state index contributed by atoms with van der Waals surface area (Å²) in [5, 5.41) is 7.06. The topological polar surface area (TPSA) is 103 Å². The number of rotatable bonds is 6. The van der Waals surface area contributed by atoms with Crippen molar-refractivity contribution in [1.29, 1.82) is 0 Å². The van der Waals surface area contributed by atoms with Crippen LogP contribution in [0.4, 0.5) is 19.3 Å². The highest BCUT2D eigenvalue weighted by molar-refractivity contribution is 6.08. The van der Waals surface area contributed by atoms with E-state index in [0.717, 1.165) is 12.1 Å². The summed E-state index contributed by atoms with van der Waals surface area (Å²) in [4.78, 5) is 40.2. The van der Waals surface area contributed by atoms with Gasteiger partial charge in [0.1, 0.15) is 17.1 Å². The van der Waals surface area contributed by atoms with Gasteiger partial charge in [-0.05, 0) is 64.8 Å². The molecule has 1 fully saturated rings. The Morgan fingerprint density at radius 2 is 1.75 bits per heavy atom. The van der Waals surface area contributed by atoms with Crippen molar-refractivity contribution in [3.8, 4) is 5.69 Å². The zero-order valence-electron chi connectivity index (χ0n) is 22.9. The molecule has 0 unspecified atom stereocenters. The molecule has 0 atom stereocenters. The van der Waals surface area contributed by atoms with Crippen LogP contribution in [-0.2, 0) is 9.47 Å². The SMILES string of the molecule is CCOC(=O)c1ccccc1NC(=O)c1cnn(-c2ccc(F)cc2F)c1C1CCN(C(=O)OC(C)(C)C)CC1. The lowest BCUT2D eigenvalue weighted by molar-refractivity contribution is 0.0203. The molecular weight excluding hydrogens is 522 g/mol. The van der Waals surface area contributed by atoms with Gasteiger partial charge in [0, 0.05) is 25.1 Å². The lowest BCUT2D eigenvalue weighted by atomic mass is 9.90. The summed E-state index contributed by atoms with van der Waals surface area (Å²) in [6.07, 6.45) is 1.79. The molecule has 3 aromatic rings. The number of aromatic nitrogens is 2. The molecule has 212 valence electrons. The predicted molar refractivity (Wildman–Crippen MR) is 144 cm³/mol. The average Bonchev–Trinajstić information content (AvgIpc) is 3.33. The number of para-hydroxylation sites is 1. The average molecular weight is 555 g/mol. The van der Waals surface area contributed by atoms with Crippen LogP contribution < -0.4 is 5.32 Å². The van der Waals surface area contributed by atoms with Gasteiger partial charge >= 0.3 is 12.1 Å². The van der Waals surface area contributed by atoms with Crippen molar-refractivity contribution >= 4 is 23.7 Å². The Bertz CT molecular complexity index is 1410. The number of nitrogens with zero attached hydrogens (tertiary/aromatic N) is 3. The molecule has 1 N–H and O–H groups in total. The van der Waals surface area contributed by atoms with Crippen LogP contribution in [0.1, 0.15) is 72.9 Å². The molecule has 0 spiro atoms. The molecule has 4 rings (SSSR count). The minimum atomic E-state index is -0.838. The summed E-state index contributed by atoms with van der Waals surface area (Å²) in [5.74, 6) is -3.01. The molecule has 2 amide bonds. The van der Waals surface area contributed by atoms with Crippen molar-refractivity contribution in [3.05, 3.63) is 77.1 Å². The Kier molecular flexibility index (Phi) is 8.51. The van der Waals surface area contributed by atoms with Gasteiger partial charge in [0.15, 0.2) is 5.82 Å². The summed E-state index contributed by atoms with van der Waals surface area (Å²) in [6, 6.07) is 9.57. The van der Waals surface area contributed by atoms with Gasteiger partial charge in [-0.25, -0.2) is 23.1 Å². The van der Waals surface area contributed by atoms with Crippen LogP contribution in [-0.4, -0.2) is 57.9 Å². The number of anilines is 1. The highest BCUT2D eigenvalue weighted by Crippen LogP contribution is 2.34. The van der Waals surface area contributed by atoms with Gasteiger partial charge in [0.05, 0.1) is 35.3 Å². The van der Waals surface area contributed by atoms with Gasteiger partial charge in [0.25, 0.3) is 5.91 Å². The monoisotopic (exact) mass is 554 g/mol. The normalized spacial score (nSPS) is 14.1. The van der Waals surface area contributed by atoms with Crippen LogP contribution in [0.2, 0.25) is 0 Å². The number of amides is 2. The fourth-order valence-electron chi connectivity index (χ4n) is 4.60. The first-order chi connectivity index (χ1) is 19.0. The van der Waals surface area contributed by atoms with E-state index < -0.39 is 35.2 Å². The van der Waals surface area contributed by atoms with Gasteiger partial charge in [0.2, 0.25) is 0 Å². The second-order valence-electron chi connectivity index (χ2n) is 10.4. The highest BCUT2D eigenvalue weighted by atomic mass is 19.1. The summed E-state index contributed by atoms with van der Waals surface area (Å²) >= 11 is 0. The van der Waals surface area contributed by atoms with Crippen molar-refractivity contribution in [2.75, 3.05) is 25.0 Å². The number of esters is 1. The zero-order chi connectivity index (χ0) is 29.0. The van der Waals surface area contributed by atoms with Gasteiger partial charge in [-0.3, -0.25) is 4.79 Å². The fourth-order valence-corrected chi connectivity index (χ4v) is 4.60. The first kappa shape index (κ1) is 28.7. The van der Waals surface area contributed by atoms with Crippen LogP contribution in [0.5, 0.6) is 0 Å². The van der Waals surface area contributed by atoms with E-state index in [4.69, 9.17) is 9.47 Å². The maximum absolute atomic E-state index is 14.9. The number of carbonyl (C=O) groups is 3. The molecule has 0 bridgehead atoms. The number of ether oxygens (including phenoxy) is 2. The first-order valence-corrected chi connectivity index (χ1v) is 13.1. The van der Waals surface area contributed by atoms with Crippen molar-refractivity contribution in [2.24, 2.45) is 0 Å². The molecule has 9 nitrogen and oxygen atoms in total. The third kappa shape index (κ3) is 6.47. The third-order valence-corrected chi connectivity index (χ3v) is 6.39. The Balaban J connectivity index is 1.67. The number of carbonyl (C=O) groups excluding carboxylic acids is 3.